The number of imidazole rings is 1. The van der Waals surface area contributed by atoms with Crippen LogP contribution in [0.3, 0.4) is 0 Å². The van der Waals surface area contributed by atoms with Crippen molar-refractivity contribution in [2.75, 3.05) is 5.73 Å². The van der Waals surface area contributed by atoms with E-state index in [1.54, 1.807) is 11.3 Å². The number of benzene rings is 1. The molecule has 3 aromatic rings. The topological polar surface area (TPSA) is 56.7 Å². The van der Waals surface area contributed by atoms with Crippen molar-refractivity contribution < 1.29 is 0 Å². The van der Waals surface area contributed by atoms with Crippen LogP contribution in [-0.2, 0) is 6.54 Å². The van der Waals surface area contributed by atoms with Gasteiger partial charge < -0.3 is 10.3 Å². The maximum atomic E-state index is 6.01. The van der Waals surface area contributed by atoms with E-state index in [2.05, 4.69) is 29.0 Å². The summed E-state index contributed by atoms with van der Waals surface area (Å²) in [5, 5.41) is 0. The molecule has 18 heavy (non-hydrogen) atoms. The van der Waals surface area contributed by atoms with Gasteiger partial charge in [-0.3, -0.25) is 0 Å². The fourth-order valence-electron chi connectivity index (χ4n) is 2.04. The van der Waals surface area contributed by atoms with E-state index in [1.165, 1.54) is 10.4 Å². The molecule has 0 atom stereocenters. The van der Waals surface area contributed by atoms with E-state index in [4.69, 9.17) is 5.73 Å². The minimum absolute atomic E-state index is 0.559. The summed E-state index contributed by atoms with van der Waals surface area (Å²) in [4.78, 5) is 9.88. The molecule has 0 amide bonds. The first-order chi connectivity index (χ1) is 8.65. The van der Waals surface area contributed by atoms with Gasteiger partial charge in [-0.05, 0) is 31.5 Å². The molecule has 0 saturated carbocycles. The molecule has 4 nitrogen and oxygen atoms in total. The van der Waals surface area contributed by atoms with Gasteiger partial charge in [0.2, 0.25) is 5.95 Å². The number of fused-ring (bicyclic) bond motifs is 1. The summed E-state index contributed by atoms with van der Waals surface area (Å²) >= 11 is 1.65. The van der Waals surface area contributed by atoms with E-state index in [0.29, 0.717) is 5.95 Å². The van der Waals surface area contributed by atoms with Crippen molar-refractivity contribution in [1.29, 1.82) is 0 Å². The molecule has 2 aromatic heterocycles. The first-order valence-electron chi connectivity index (χ1n) is 5.76. The van der Waals surface area contributed by atoms with Crippen molar-refractivity contribution in [3.05, 3.63) is 39.8 Å². The molecule has 0 bridgehead atoms. The lowest BCUT2D eigenvalue weighted by molar-refractivity contribution is 0.843. The van der Waals surface area contributed by atoms with Gasteiger partial charge in [-0.2, -0.15) is 0 Å². The van der Waals surface area contributed by atoms with Gasteiger partial charge in [0.1, 0.15) is 0 Å². The minimum atomic E-state index is 0.559. The number of aryl methyl sites for hydroxylation is 2. The second kappa shape index (κ2) is 4.10. The number of aromatic nitrogens is 3. The van der Waals surface area contributed by atoms with Crippen molar-refractivity contribution in [1.82, 2.24) is 14.5 Å². The number of rotatable bonds is 2. The molecule has 0 aliphatic rings. The molecule has 0 aliphatic heterocycles. The maximum absolute atomic E-state index is 6.01. The Morgan fingerprint density at radius 1 is 1.33 bits per heavy atom. The van der Waals surface area contributed by atoms with Gasteiger partial charge in [-0.15, -0.1) is 11.3 Å². The van der Waals surface area contributed by atoms with Gasteiger partial charge in [0.25, 0.3) is 0 Å². The Bertz CT molecular complexity index is 711. The highest BCUT2D eigenvalue weighted by atomic mass is 32.1. The van der Waals surface area contributed by atoms with Crippen LogP contribution in [0.15, 0.2) is 23.7 Å². The molecule has 2 N–H and O–H groups in total. The Hall–Kier alpha value is -1.88. The van der Waals surface area contributed by atoms with Crippen LogP contribution in [0.5, 0.6) is 0 Å². The lowest BCUT2D eigenvalue weighted by Crippen LogP contribution is -2.04. The second-order valence-corrected chi connectivity index (χ2v) is 5.35. The van der Waals surface area contributed by atoms with E-state index in [0.717, 1.165) is 23.3 Å². The molecule has 92 valence electrons. The second-order valence-electron chi connectivity index (χ2n) is 4.41. The van der Waals surface area contributed by atoms with Crippen LogP contribution in [0.2, 0.25) is 0 Å². The van der Waals surface area contributed by atoms with Crippen LogP contribution in [0, 0.1) is 13.8 Å². The highest BCUT2D eigenvalue weighted by molar-refractivity contribution is 7.09. The first kappa shape index (κ1) is 11.2. The molecule has 0 radical (unpaired) electrons. The van der Waals surface area contributed by atoms with Crippen molar-refractivity contribution in [3.8, 4) is 0 Å². The fourth-order valence-corrected chi connectivity index (χ4v) is 2.80. The van der Waals surface area contributed by atoms with Crippen LogP contribution >= 0.6 is 11.3 Å². The van der Waals surface area contributed by atoms with Crippen LogP contribution < -0.4 is 5.73 Å². The van der Waals surface area contributed by atoms with Gasteiger partial charge in [-0.1, -0.05) is 6.07 Å². The molecule has 0 fully saturated rings. The minimum Gasteiger partial charge on any atom is -0.369 e. The number of nitrogens with zero attached hydrogens (tertiary/aromatic N) is 3. The number of hydrogen-bond acceptors (Lipinski definition) is 4. The summed E-state index contributed by atoms with van der Waals surface area (Å²) in [5.74, 6) is 0.559. The zero-order valence-corrected chi connectivity index (χ0v) is 11.2. The van der Waals surface area contributed by atoms with Crippen molar-refractivity contribution in [2.45, 2.75) is 20.4 Å². The normalized spacial score (nSPS) is 11.2. The molecule has 5 heteroatoms. The average Bonchev–Trinajstić information content (AvgIpc) is 2.86. The number of nitrogen functional groups attached to an aromatic ring is 1. The SMILES string of the molecule is Cc1ccc2nc(N)n(Cc3scnc3C)c2c1. The van der Waals surface area contributed by atoms with Gasteiger partial charge in [-0.25, -0.2) is 9.97 Å². The highest BCUT2D eigenvalue weighted by Crippen LogP contribution is 2.22. The predicted octanol–water partition coefficient (Wildman–Crippen LogP) is 2.74. The average molecular weight is 258 g/mol. The van der Waals surface area contributed by atoms with Crippen molar-refractivity contribution in [2.24, 2.45) is 0 Å². The standard InChI is InChI=1S/C13H14N4S/c1-8-3-4-10-11(5-8)17(13(14)16-10)6-12-9(2)15-7-18-12/h3-5,7H,6H2,1-2H3,(H2,14,16). The van der Waals surface area contributed by atoms with Crippen molar-refractivity contribution >= 4 is 28.3 Å². The first-order valence-corrected chi connectivity index (χ1v) is 6.64. The van der Waals surface area contributed by atoms with E-state index < -0.39 is 0 Å². The molecule has 0 spiro atoms. The molecule has 2 heterocycles. The van der Waals surface area contributed by atoms with Crippen LogP contribution in [0.4, 0.5) is 5.95 Å². The zero-order valence-electron chi connectivity index (χ0n) is 10.3. The Balaban J connectivity index is 2.13. The monoisotopic (exact) mass is 258 g/mol. The fraction of sp³-hybridized carbons (Fsp3) is 0.231. The largest absolute Gasteiger partial charge is 0.369 e. The molecule has 1 aromatic carbocycles. The molecular weight excluding hydrogens is 244 g/mol. The zero-order chi connectivity index (χ0) is 12.7. The Kier molecular flexibility index (Phi) is 2.56. The van der Waals surface area contributed by atoms with Crippen LogP contribution in [0.25, 0.3) is 11.0 Å². The number of hydrogen-bond donors (Lipinski definition) is 1. The Labute approximate surface area is 109 Å². The summed E-state index contributed by atoms with van der Waals surface area (Å²) in [6.45, 7) is 4.83. The highest BCUT2D eigenvalue weighted by Gasteiger charge is 2.10. The molecule has 0 aliphatic carbocycles. The third-order valence-electron chi connectivity index (χ3n) is 3.08. The molecule has 0 unspecified atom stereocenters. The number of thiazole rings is 1. The van der Waals surface area contributed by atoms with Gasteiger partial charge in [0.05, 0.1) is 28.8 Å². The third-order valence-corrected chi connectivity index (χ3v) is 4.00. The summed E-state index contributed by atoms with van der Waals surface area (Å²) in [5.41, 5.74) is 12.2. The van der Waals surface area contributed by atoms with E-state index in [1.807, 2.05) is 23.1 Å². The third kappa shape index (κ3) is 1.76. The van der Waals surface area contributed by atoms with Gasteiger partial charge in [0.15, 0.2) is 0 Å². The Morgan fingerprint density at radius 3 is 2.89 bits per heavy atom. The Morgan fingerprint density at radius 2 is 2.17 bits per heavy atom. The molecular formula is C13H14N4S. The number of nitrogens with two attached hydrogens (primary N) is 1. The lowest BCUT2D eigenvalue weighted by Gasteiger charge is -2.05. The van der Waals surface area contributed by atoms with E-state index in [9.17, 15) is 0 Å². The smallest absolute Gasteiger partial charge is 0.201 e. The lowest BCUT2D eigenvalue weighted by atomic mass is 10.2. The summed E-state index contributed by atoms with van der Waals surface area (Å²) in [7, 11) is 0. The van der Waals surface area contributed by atoms with Gasteiger partial charge >= 0.3 is 0 Å². The summed E-state index contributed by atoms with van der Waals surface area (Å²) < 4.78 is 2.04. The number of anilines is 1. The summed E-state index contributed by atoms with van der Waals surface area (Å²) in [6.07, 6.45) is 0. The van der Waals surface area contributed by atoms with Gasteiger partial charge in [0, 0.05) is 4.88 Å². The quantitative estimate of drug-likeness (QED) is 0.769. The van der Waals surface area contributed by atoms with E-state index >= 15 is 0 Å². The molecule has 3 rings (SSSR count). The van der Waals surface area contributed by atoms with Crippen LogP contribution in [0.1, 0.15) is 16.1 Å². The van der Waals surface area contributed by atoms with Crippen molar-refractivity contribution in [3.63, 3.8) is 0 Å². The summed E-state index contributed by atoms with van der Waals surface area (Å²) in [6, 6.07) is 6.18. The molecule has 0 saturated heterocycles. The van der Waals surface area contributed by atoms with E-state index in [-0.39, 0.29) is 0 Å². The predicted molar refractivity (Wildman–Crippen MR) is 74.8 cm³/mol. The van der Waals surface area contributed by atoms with Crippen LogP contribution in [-0.4, -0.2) is 14.5 Å². The maximum Gasteiger partial charge on any atom is 0.201 e.